The van der Waals surface area contributed by atoms with Gasteiger partial charge in [0, 0.05) is 5.56 Å². The Morgan fingerprint density at radius 2 is 1.88 bits per heavy atom. The molecule has 9 nitrogen and oxygen atoms in total. The minimum Gasteiger partial charge on any atom is -0.496 e. The van der Waals surface area contributed by atoms with E-state index in [1.54, 1.807) is 48.5 Å². The van der Waals surface area contributed by atoms with E-state index in [9.17, 15) is 27.6 Å². The number of methoxy groups -OCH3 is 1. The second kappa shape index (κ2) is 11.8. The third-order valence-corrected chi connectivity index (χ3v) is 7.52. The van der Waals surface area contributed by atoms with Crippen LogP contribution in [0.5, 0.6) is 11.5 Å². The first kappa shape index (κ1) is 29.6. The molecule has 5 rings (SSSR count). The molecule has 13 heteroatoms. The Morgan fingerprint density at radius 1 is 1.12 bits per heavy atom. The molecule has 43 heavy (non-hydrogen) atoms. The number of ether oxygens (including phenoxy) is 3. The van der Waals surface area contributed by atoms with Gasteiger partial charge in [0.1, 0.15) is 17.5 Å². The first-order valence-corrected chi connectivity index (χ1v) is 13.7. The van der Waals surface area contributed by atoms with Crippen molar-refractivity contribution in [2.75, 3.05) is 20.3 Å². The monoisotopic (exact) mass is 612 g/mol. The number of carboxylic acids is 1. The molecular weight excluding hydrogens is 589 g/mol. The van der Waals surface area contributed by atoms with Gasteiger partial charge in [-0.15, -0.1) is 0 Å². The van der Waals surface area contributed by atoms with Gasteiger partial charge in [-0.25, -0.2) is 14.6 Å². The molecule has 0 radical (unpaired) electrons. The van der Waals surface area contributed by atoms with Crippen molar-refractivity contribution in [1.29, 1.82) is 0 Å². The molecule has 3 aromatic carbocycles. The van der Waals surface area contributed by atoms with E-state index in [-0.39, 0.29) is 33.0 Å². The molecule has 1 aromatic heterocycles. The van der Waals surface area contributed by atoms with Crippen LogP contribution < -0.4 is 24.4 Å². The van der Waals surface area contributed by atoms with Crippen molar-refractivity contribution in [1.82, 2.24) is 4.57 Å². The molecule has 0 bridgehead atoms. The number of alkyl halides is 3. The Hall–Kier alpha value is -4.91. The van der Waals surface area contributed by atoms with Gasteiger partial charge in [-0.1, -0.05) is 53.8 Å². The zero-order valence-corrected chi connectivity index (χ0v) is 23.5. The fourth-order valence-electron chi connectivity index (χ4n) is 4.84. The summed E-state index contributed by atoms with van der Waals surface area (Å²) in [5.41, 5.74) is -2.43. The molecule has 4 aromatic rings. The zero-order chi connectivity index (χ0) is 30.9. The van der Waals surface area contributed by atoms with Crippen molar-refractivity contribution in [2.24, 2.45) is 4.99 Å². The first-order valence-electron chi connectivity index (χ1n) is 12.8. The number of rotatable bonds is 8. The summed E-state index contributed by atoms with van der Waals surface area (Å²) >= 11 is 0.711. The molecule has 1 N–H and O–H groups in total. The summed E-state index contributed by atoms with van der Waals surface area (Å²) in [5.74, 6) is -2.07. The van der Waals surface area contributed by atoms with E-state index >= 15 is 0 Å². The molecule has 1 atom stereocenters. The molecule has 0 amide bonds. The van der Waals surface area contributed by atoms with Crippen LogP contribution >= 0.6 is 11.3 Å². The van der Waals surface area contributed by atoms with Crippen molar-refractivity contribution < 1.29 is 42.1 Å². The van der Waals surface area contributed by atoms with Crippen LogP contribution in [0.1, 0.15) is 24.1 Å². The fourth-order valence-corrected chi connectivity index (χ4v) is 5.84. The lowest BCUT2D eigenvalue weighted by molar-refractivity contribution is -0.141. The summed E-state index contributed by atoms with van der Waals surface area (Å²) < 4.78 is 60.6. The maximum absolute atomic E-state index is 14.6. The van der Waals surface area contributed by atoms with Crippen molar-refractivity contribution in [3.8, 4) is 11.5 Å². The van der Waals surface area contributed by atoms with Gasteiger partial charge in [-0.3, -0.25) is 9.36 Å². The number of aliphatic carboxylic acids is 1. The Balaban J connectivity index is 1.83. The molecule has 1 aliphatic rings. The summed E-state index contributed by atoms with van der Waals surface area (Å²) in [6.07, 6.45) is -3.64. The highest BCUT2D eigenvalue weighted by atomic mass is 32.1. The lowest BCUT2D eigenvalue weighted by atomic mass is 9.90. The van der Waals surface area contributed by atoms with Gasteiger partial charge >= 0.3 is 18.1 Å². The number of hydrogen-bond acceptors (Lipinski definition) is 8. The summed E-state index contributed by atoms with van der Waals surface area (Å²) in [4.78, 5) is 41.7. The molecule has 0 aliphatic carbocycles. The number of carbonyl (C=O) groups excluding carboxylic acids is 1. The Morgan fingerprint density at radius 3 is 2.58 bits per heavy atom. The van der Waals surface area contributed by atoms with Crippen LogP contribution in [-0.4, -0.2) is 48.1 Å². The third kappa shape index (κ3) is 5.75. The highest BCUT2D eigenvalue weighted by Gasteiger charge is 2.46. The van der Waals surface area contributed by atoms with Gasteiger partial charge in [0.05, 0.1) is 23.8 Å². The van der Waals surface area contributed by atoms with Crippen molar-refractivity contribution >= 4 is 40.1 Å². The minimum absolute atomic E-state index is 0.0185. The lowest BCUT2D eigenvalue weighted by Crippen LogP contribution is -2.41. The predicted molar refractivity (Wildman–Crippen MR) is 151 cm³/mol. The molecule has 0 saturated heterocycles. The van der Waals surface area contributed by atoms with Gasteiger partial charge in [-0.05, 0) is 47.5 Å². The largest absolute Gasteiger partial charge is 0.496 e. The number of aromatic nitrogens is 1. The average Bonchev–Trinajstić information content (AvgIpc) is 3.28. The Labute approximate surface area is 245 Å². The lowest BCUT2D eigenvalue weighted by Gasteiger charge is -2.28. The van der Waals surface area contributed by atoms with Gasteiger partial charge in [0.25, 0.3) is 5.56 Å². The van der Waals surface area contributed by atoms with E-state index in [2.05, 4.69) is 4.99 Å². The highest BCUT2D eigenvalue weighted by molar-refractivity contribution is 7.07. The topological polar surface area (TPSA) is 116 Å². The normalized spacial score (nSPS) is 15.2. The third-order valence-electron chi connectivity index (χ3n) is 6.54. The highest BCUT2D eigenvalue weighted by Crippen LogP contribution is 2.43. The van der Waals surface area contributed by atoms with Crippen molar-refractivity contribution in [2.45, 2.75) is 19.1 Å². The van der Waals surface area contributed by atoms with E-state index < -0.39 is 47.6 Å². The summed E-state index contributed by atoms with van der Waals surface area (Å²) in [5, 5.41) is 10.0. The van der Waals surface area contributed by atoms with E-state index in [1.165, 1.54) is 32.2 Å². The number of fused-ring (bicyclic) bond motifs is 2. The van der Waals surface area contributed by atoms with Crippen molar-refractivity contribution in [3.05, 3.63) is 103 Å². The first-order chi connectivity index (χ1) is 20.5. The van der Waals surface area contributed by atoms with Crippen LogP contribution in [-0.2, 0) is 14.3 Å². The molecule has 2 heterocycles. The molecule has 222 valence electrons. The van der Waals surface area contributed by atoms with Crippen LogP contribution in [0.2, 0.25) is 0 Å². The number of carbonyl (C=O) groups is 2. The van der Waals surface area contributed by atoms with E-state index in [1.807, 2.05) is 0 Å². The number of halogens is 3. The minimum atomic E-state index is -5.07. The molecule has 1 aliphatic heterocycles. The number of carboxylic acid groups (broad SMARTS) is 1. The second-order valence-corrected chi connectivity index (χ2v) is 10.2. The van der Waals surface area contributed by atoms with Gasteiger partial charge in [0.2, 0.25) is 0 Å². The quantitative estimate of drug-likeness (QED) is 0.300. The van der Waals surface area contributed by atoms with Gasteiger partial charge in [-0.2, -0.15) is 13.2 Å². The van der Waals surface area contributed by atoms with Crippen LogP contribution in [0.15, 0.2) is 81.7 Å². The van der Waals surface area contributed by atoms with Gasteiger partial charge < -0.3 is 19.3 Å². The van der Waals surface area contributed by atoms with E-state index in [4.69, 9.17) is 19.3 Å². The zero-order valence-electron chi connectivity index (χ0n) is 22.7. The summed E-state index contributed by atoms with van der Waals surface area (Å²) in [6.45, 7) is 0.662. The number of esters is 1. The predicted octanol–water partition coefficient (Wildman–Crippen LogP) is 3.97. The van der Waals surface area contributed by atoms with Crippen LogP contribution in [0.4, 0.5) is 13.2 Å². The summed E-state index contributed by atoms with van der Waals surface area (Å²) in [6, 6.07) is 14.7. The number of hydrogen-bond donors (Lipinski definition) is 1. The molecule has 0 saturated carbocycles. The number of allylic oxidation sites excluding steroid dienone is 1. The SMILES string of the molecule is CCOC(=O)C1=C(C(F)(F)F)N=c2s/c(=C\c3cccc(OCC(=O)O)c3)c(=O)n2[C@H]1c1c(OC)ccc2ccccc12. The van der Waals surface area contributed by atoms with Crippen LogP contribution in [0.3, 0.4) is 0 Å². The molecule has 0 spiro atoms. The summed E-state index contributed by atoms with van der Waals surface area (Å²) in [7, 11) is 1.34. The van der Waals surface area contributed by atoms with E-state index in [0.717, 1.165) is 4.57 Å². The molecule has 0 unspecified atom stereocenters. The second-order valence-electron chi connectivity index (χ2n) is 9.22. The van der Waals surface area contributed by atoms with Crippen LogP contribution in [0.25, 0.3) is 16.8 Å². The number of benzene rings is 3. The smallest absolute Gasteiger partial charge is 0.434 e. The van der Waals surface area contributed by atoms with E-state index in [0.29, 0.717) is 27.7 Å². The molecule has 0 fully saturated rings. The van der Waals surface area contributed by atoms with Gasteiger partial charge in [0.15, 0.2) is 17.1 Å². The Kier molecular flexibility index (Phi) is 8.09. The standard InChI is InChI=1S/C30H23F3N2O7S/c1-3-41-28(39)24-25(23-19-10-5-4-8-17(19)11-12-20(23)40-2)35-27(38)21(43-29(35)34-26(24)30(31,32)33)14-16-7-6-9-18(13-16)42-15-22(36)37/h4-14,25H,3,15H2,1-2H3,(H,36,37)/b21-14-/t25-/m0/s1. The maximum atomic E-state index is 14.6. The Bertz CT molecular complexity index is 1960. The fraction of sp³-hybridized carbons (Fsp3) is 0.200. The number of nitrogens with zero attached hydrogens (tertiary/aromatic N) is 2. The maximum Gasteiger partial charge on any atom is 0.434 e. The number of thiazole rings is 1. The van der Waals surface area contributed by atoms with Crippen molar-refractivity contribution in [3.63, 3.8) is 0 Å². The average molecular weight is 613 g/mol. The molecular formula is C30H23F3N2O7S. The van der Waals surface area contributed by atoms with Crippen LogP contribution in [0, 0.1) is 0 Å².